The molecule has 9 heteroatoms. The molecule has 1 N–H and O–H groups in total. The van der Waals surface area contributed by atoms with Crippen LogP contribution in [0.2, 0.25) is 5.02 Å². The lowest BCUT2D eigenvalue weighted by atomic mass is 10.2. The first-order valence-corrected chi connectivity index (χ1v) is 8.88. The molecule has 0 aliphatic heterocycles. The zero-order chi connectivity index (χ0) is 18.4. The predicted molar refractivity (Wildman–Crippen MR) is 95.5 cm³/mol. The van der Waals surface area contributed by atoms with Crippen molar-refractivity contribution >= 4 is 27.8 Å². The summed E-state index contributed by atoms with van der Waals surface area (Å²) in [6.07, 6.45) is 1.33. The van der Waals surface area contributed by atoms with E-state index in [1.54, 1.807) is 12.1 Å². The van der Waals surface area contributed by atoms with Gasteiger partial charge in [0.05, 0.1) is 32.4 Å². The number of methoxy groups -OCH3 is 3. The van der Waals surface area contributed by atoms with Gasteiger partial charge in [-0.3, -0.25) is 0 Å². The largest absolute Gasteiger partial charge is 0.493 e. The van der Waals surface area contributed by atoms with Gasteiger partial charge in [0, 0.05) is 10.6 Å². The topological polar surface area (TPSA) is 86.2 Å². The lowest BCUT2D eigenvalue weighted by molar-refractivity contribution is 0.324. The zero-order valence-corrected chi connectivity index (χ0v) is 15.4. The van der Waals surface area contributed by atoms with Crippen molar-refractivity contribution < 1.29 is 22.6 Å². The van der Waals surface area contributed by atoms with Gasteiger partial charge in [0.1, 0.15) is 0 Å². The molecule has 0 aliphatic carbocycles. The molecule has 7 nitrogen and oxygen atoms in total. The van der Waals surface area contributed by atoms with Crippen LogP contribution in [0.3, 0.4) is 0 Å². The van der Waals surface area contributed by atoms with Crippen molar-refractivity contribution in [2.24, 2.45) is 5.10 Å². The first kappa shape index (κ1) is 18.9. The van der Waals surface area contributed by atoms with Crippen molar-refractivity contribution in [3.05, 3.63) is 47.0 Å². The molecule has 134 valence electrons. The van der Waals surface area contributed by atoms with E-state index in [0.717, 1.165) is 0 Å². The monoisotopic (exact) mass is 384 g/mol. The first-order valence-electron chi connectivity index (χ1n) is 7.01. The Balaban J connectivity index is 2.23. The number of hydrogen-bond acceptors (Lipinski definition) is 6. The molecular weight excluding hydrogens is 368 g/mol. The van der Waals surface area contributed by atoms with Crippen LogP contribution >= 0.6 is 11.6 Å². The van der Waals surface area contributed by atoms with Crippen LogP contribution in [0.4, 0.5) is 0 Å². The van der Waals surface area contributed by atoms with Gasteiger partial charge in [-0.2, -0.15) is 13.5 Å². The Labute approximate surface area is 151 Å². The van der Waals surface area contributed by atoms with E-state index < -0.39 is 10.0 Å². The third-order valence-corrected chi connectivity index (χ3v) is 4.69. The van der Waals surface area contributed by atoms with Gasteiger partial charge in [-0.15, -0.1) is 0 Å². The summed E-state index contributed by atoms with van der Waals surface area (Å²) < 4.78 is 40.0. The van der Waals surface area contributed by atoms with Crippen LogP contribution in [0, 0.1) is 0 Å². The Hall–Kier alpha value is -2.45. The number of benzene rings is 2. The van der Waals surface area contributed by atoms with E-state index in [0.29, 0.717) is 27.8 Å². The zero-order valence-electron chi connectivity index (χ0n) is 13.8. The molecule has 0 unspecified atom stereocenters. The molecule has 0 heterocycles. The summed E-state index contributed by atoms with van der Waals surface area (Å²) >= 11 is 5.75. The number of nitrogens with zero attached hydrogens (tertiary/aromatic N) is 1. The molecule has 0 radical (unpaired) electrons. The molecule has 2 aromatic carbocycles. The van der Waals surface area contributed by atoms with E-state index in [-0.39, 0.29) is 4.90 Å². The highest BCUT2D eigenvalue weighted by Gasteiger charge is 2.14. The summed E-state index contributed by atoms with van der Waals surface area (Å²) in [6, 6.07) is 9.03. The summed E-state index contributed by atoms with van der Waals surface area (Å²) in [5.74, 6) is 1.30. The molecule has 0 saturated carbocycles. The van der Waals surface area contributed by atoms with E-state index in [2.05, 4.69) is 9.93 Å². The van der Waals surface area contributed by atoms with Crippen molar-refractivity contribution in [1.82, 2.24) is 4.83 Å². The highest BCUT2D eigenvalue weighted by Crippen LogP contribution is 2.37. The average molecular weight is 385 g/mol. The second-order valence-electron chi connectivity index (χ2n) is 4.77. The molecule has 0 fully saturated rings. The molecule has 0 atom stereocenters. The Morgan fingerprint density at radius 2 is 1.56 bits per heavy atom. The first-order chi connectivity index (χ1) is 11.9. The maximum atomic E-state index is 12.1. The number of rotatable bonds is 7. The SMILES string of the molecule is COc1cc(/C=N\NS(=O)(=O)c2ccc(Cl)cc2)cc(OC)c1OC. The van der Waals surface area contributed by atoms with Crippen LogP contribution < -0.4 is 19.0 Å². The van der Waals surface area contributed by atoms with Crippen molar-refractivity contribution in [2.75, 3.05) is 21.3 Å². The van der Waals surface area contributed by atoms with Gasteiger partial charge in [0.2, 0.25) is 5.75 Å². The van der Waals surface area contributed by atoms with Crippen LogP contribution in [0.15, 0.2) is 46.4 Å². The molecule has 25 heavy (non-hydrogen) atoms. The summed E-state index contributed by atoms with van der Waals surface area (Å²) in [5.41, 5.74) is 0.563. The Bertz CT molecular complexity index is 842. The van der Waals surface area contributed by atoms with Gasteiger partial charge in [0.25, 0.3) is 10.0 Å². The highest BCUT2D eigenvalue weighted by atomic mass is 35.5. The number of sulfonamides is 1. The molecule has 0 aromatic heterocycles. The number of hydrogen-bond donors (Lipinski definition) is 1. The van der Waals surface area contributed by atoms with Crippen LogP contribution in [0.25, 0.3) is 0 Å². The number of hydrazone groups is 1. The van der Waals surface area contributed by atoms with Gasteiger partial charge in [-0.25, -0.2) is 4.83 Å². The summed E-state index contributed by atoms with van der Waals surface area (Å²) in [6.45, 7) is 0. The van der Waals surface area contributed by atoms with Crippen molar-refractivity contribution in [3.8, 4) is 17.2 Å². The fraction of sp³-hybridized carbons (Fsp3) is 0.188. The number of halogens is 1. The van der Waals surface area contributed by atoms with Gasteiger partial charge in [-0.05, 0) is 36.4 Å². The van der Waals surface area contributed by atoms with Crippen LogP contribution in [-0.2, 0) is 10.0 Å². The van der Waals surface area contributed by atoms with E-state index in [1.165, 1.54) is 51.8 Å². The molecule has 0 spiro atoms. The molecule has 0 bridgehead atoms. The van der Waals surface area contributed by atoms with Gasteiger partial charge >= 0.3 is 0 Å². The second kappa shape index (κ2) is 8.09. The Morgan fingerprint density at radius 1 is 1.00 bits per heavy atom. The van der Waals surface area contributed by atoms with Crippen molar-refractivity contribution in [1.29, 1.82) is 0 Å². The lowest BCUT2D eigenvalue weighted by Crippen LogP contribution is -2.18. The minimum atomic E-state index is -3.79. The third kappa shape index (κ3) is 4.55. The van der Waals surface area contributed by atoms with Crippen LogP contribution in [0.1, 0.15) is 5.56 Å². The molecular formula is C16H17ClN2O5S. The molecule has 2 rings (SSSR count). The van der Waals surface area contributed by atoms with Crippen LogP contribution in [0.5, 0.6) is 17.2 Å². The van der Waals surface area contributed by atoms with E-state index in [1.807, 2.05) is 0 Å². The normalized spacial score (nSPS) is 11.4. The molecule has 0 aliphatic rings. The molecule has 2 aromatic rings. The quantitative estimate of drug-likeness (QED) is 0.586. The van der Waals surface area contributed by atoms with E-state index in [4.69, 9.17) is 25.8 Å². The predicted octanol–water partition coefficient (Wildman–Crippen LogP) is 2.68. The average Bonchev–Trinajstić information content (AvgIpc) is 2.61. The Morgan fingerprint density at radius 3 is 2.04 bits per heavy atom. The minimum Gasteiger partial charge on any atom is -0.493 e. The summed E-state index contributed by atoms with van der Waals surface area (Å²) in [5, 5.41) is 4.21. The molecule has 0 amide bonds. The second-order valence-corrected chi connectivity index (χ2v) is 6.86. The number of nitrogens with one attached hydrogen (secondary N) is 1. The minimum absolute atomic E-state index is 0.0546. The van der Waals surface area contributed by atoms with Crippen molar-refractivity contribution in [3.63, 3.8) is 0 Å². The summed E-state index contributed by atoms with van der Waals surface area (Å²) in [7, 11) is 0.684. The fourth-order valence-electron chi connectivity index (χ4n) is 2.01. The standard InChI is InChI=1S/C16H17ClN2O5S/c1-22-14-8-11(9-15(23-2)16(14)24-3)10-18-19-25(20,21)13-6-4-12(17)5-7-13/h4-10,19H,1-3H3/b18-10-. The maximum Gasteiger partial charge on any atom is 0.276 e. The molecule has 0 saturated heterocycles. The smallest absolute Gasteiger partial charge is 0.276 e. The van der Waals surface area contributed by atoms with Crippen LogP contribution in [-0.4, -0.2) is 36.0 Å². The van der Waals surface area contributed by atoms with Gasteiger partial charge in [-0.1, -0.05) is 11.6 Å². The highest BCUT2D eigenvalue weighted by molar-refractivity contribution is 7.89. The van der Waals surface area contributed by atoms with Gasteiger partial charge < -0.3 is 14.2 Å². The number of ether oxygens (including phenoxy) is 3. The van der Waals surface area contributed by atoms with Gasteiger partial charge in [0.15, 0.2) is 11.5 Å². The van der Waals surface area contributed by atoms with E-state index >= 15 is 0 Å². The maximum absolute atomic E-state index is 12.1. The van der Waals surface area contributed by atoms with E-state index in [9.17, 15) is 8.42 Å². The lowest BCUT2D eigenvalue weighted by Gasteiger charge is -2.12. The summed E-state index contributed by atoms with van der Waals surface area (Å²) in [4.78, 5) is 2.19. The van der Waals surface area contributed by atoms with Crippen molar-refractivity contribution in [2.45, 2.75) is 4.90 Å². The Kier molecular flexibility index (Phi) is 6.11. The third-order valence-electron chi connectivity index (χ3n) is 3.20. The fourth-order valence-corrected chi connectivity index (χ4v) is 2.93.